The first-order valence-corrected chi connectivity index (χ1v) is 7.28. The van der Waals surface area contributed by atoms with Gasteiger partial charge in [-0.3, -0.25) is 0 Å². The number of hydrogen-bond acceptors (Lipinski definition) is 5. The average Bonchev–Trinajstić information content (AvgIpc) is 2.78. The van der Waals surface area contributed by atoms with E-state index in [4.69, 9.17) is 16.0 Å². The molecule has 0 saturated carbocycles. The van der Waals surface area contributed by atoms with Gasteiger partial charge in [-0.2, -0.15) is 0 Å². The highest BCUT2D eigenvalue weighted by molar-refractivity contribution is 14.1. The molecule has 19 heavy (non-hydrogen) atoms. The Labute approximate surface area is 130 Å². The zero-order chi connectivity index (χ0) is 13.8. The molecule has 0 fully saturated rings. The van der Waals surface area contributed by atoms with E-state index in [0.717, 1.165) is 9.26 Å². The van der Waals surface area contributed by atoms with E-state index in [9.17, 15) is 0 Å². The third-order valence-electron chi connectivity index (χ3n) is 2.30. The maximum Gasteiger partial charge on any atom is 0.320 e. The van der Waals surface area contributed by atoms with Crippen LogP contribution in [0.4, 0.5) is 11.7 Å². The van der Waals surface area contributed by atoms with Gasteiger partial charge < -0.3 is 15.1 Å². The van der Waals surface area contributed by atoms with Gasteiger partial charge in [-0.25, -0.2) is 0 Å². The van der Waals surface area contributed by atoms with Crippen molar-refractivity contribution in [3.63, 3.8) is 0 Å². The predicted octanol–water partition coefficient (Wildman–Crippen LogP) is 3.57. The molecule has 0 amide bonds. The number of benzene rings is 1. The van der Waals surface area contributed by atoms with Gasteiger partial charge in [-0.15, -0.1) is 5.10 Å². The van der Waals surface area contributed by atoms with E-state index >= 15 is 0 Å². The molecule has 0 aliphatic carbocycles. The minimum absolute atomic E-state index is 0.337. The number of aromatic nitrogens is 2. The van der Waals surface area contributed by atoms with Crippen LogP contribution in [0.25, 0.3) is 0 Å². The Balaban J connectivity index is 2.03. The van der Waals surface area contributed by atoms with Gasteiger partial charge in [0.05, 0.1) is 17.3 Å². The van der Waals surface area contributed by atoms with E-state index < -0.39 is 0 Å². The van der Waals surface area contributed by atoms with Crippen molar-refractivity contribution in [3.05, 3.63) is 32.7 Å². The first kappa shape index (κ1) is 14.5. The van der Waals surface area contributed by atoms with Crippen LogP contribution >= 0.6 is 34.2 Å². The van der Waals surface area contributed by atoms with Gasteiger partial charge in [-0.05, 0) is 40.8 Å². The molecular formula is C12H14ClIN4O. The lowest BCUT2D eigenvalue weighted by atomic mass is 10.3. The van der Waals surface area contributed by atoms with Crippen LogP contribution in [0.15, 0.2) is 22.6 Å². The molecule has 0 spiro atoms. The smallest absolute Gasteiger partial charge is 0.320 e. The second-order valence-corrected chi connectivity index (χ2v) is 5.94. The number of halogens is 2. The molecule has 0 saturated heterocycles. The standard InChI is InChI=1S/C12H14ClIN4O/c1-7(2)15-6-11-17-18-12(19-11)16-10-4-3-8(14)5-9(10)13/h3-5,7,15H,6H2,1-2H3,(H,16,18). The lowest BCUT2D eigenvalue weighted by Crippen LogP contribution is -2.21. The normalized spacial score (nSPS) is 11.0. The van der Waals surface area contributed by atoms with Crippen LogP contribution in [0.1, 0.15) is 19.7 Å². The molecule has 0 bridgehead atoms. The van der Waals surface area contributed by atoms with Crippen LogP contribution < -0.4 is 10.6 Å². The molecule has 2 aromatic rings. The number of hydrogen-bond donors (Lipinski definition) is 2. The summed E-state index contributed by atoms with van der Waals surface area (Å²) < 4.78 is 6.54. The summed E-state index contributed by atoms with van der Waals surface area (Å²) in [7, 11) is 0. The molecule has 2 rings (SSSR count). The molecule has 5 nitrogen and oxygen atoms in total. The number of anilines is 2. The zero-order valence-corrected chi connectivity index (χ0v) is 13.5. The van der Waals surface area contributed by atoms with Crippen molar-refractivity contribution in [3.8, 4) is 0 Å². The van der Waals surface area contributed by atoms with Gasteiger partial charge in [0.25, 0.3) is 0 Å². The Morgan fingerprint density at radius 2 is 2.16 bits per heavy atom. The molecule has 1 aromatic carbocycles. The molecule has 0 unspecified atom stereocenters. The molecule has 0 radical (unpaired) electrons. The second-order valence-electron chi connectivity index (χ2n) is 4.29. The molecular weight excluding hydrogens is 379 g/mol. The topological polar surface area (TPSA) is 63.0 Å². The van der Waals surface area contributed by atoms with Crippen LogP contribution in [-0.2, 0) is 6.54 Å². The first-order chi connectivity index (χ1) is 9.04. The van der Waals surface area contributed by atoms with E-state index in [1.807, 2.05) is 18.2 Å². The van der Waals surface area contributed by atoms with E-state index in [1.54, 1.807) is 0 Å². The van der Waals surface area contributed by atoms with Gasteiger partial charge in [0.1, 0.15) is 0 Å². The van der Waals surface area contributed by atoms with Crippen molar-refractivity contribution >= 4 is 45.9 Å². The molecule has 102 valence electrons. The lowest BCUT2D eigenvalue weighted by molar-refractivity contribution is 0.460. The predicted molar refractivity (Wildman–Crippen MR) is 83.7 cm³/mol. The minimum Gasteiger partial charge on any atom is -0.406 e. The monoisotopic (exact) mass is 392 g/mol. The summed E-state index contributed by atoms with van der Waals surface area (Å²) in [5.74, 6) is 0.540. The molecule has 0 aliphatic heterocycles. The van der Waals surface area contributed by atoms with Crippen molar-refractivity contribution in [1.82, 2.24) is 15.5 Å². The van der Waals surface area contributed by atoms with Crippen LogP contribution in [0.2, 0.25) is 5.02 Å². The fraction of sp³-hybridized carbons (Fsp3) is 0.333. The fourth-order valence-corrected chi connectivity index (χ4v) is 2.28. The first-order valence-electron chi connectivity index (χ1n) is 5.82. The lowest BCUT2D eigenvalue weighted by Gasteiger charge is -2.05. The third kappa shape index (κ3) is 4.32. The van der Waals surface area contributed by atoms with Crippen molar-refractivity contribution in [2.75, 3.05) is 5.32 Å². The van der Waals surface area contributed by atoms with E-state index in [2.05, 4.69) is 57.3 Å². The number of nitrogens with one attached hydrogen (secondary N) is 2. The largest absolute Gasteiger partial charge is 0.406 e. The van der Waals surface area contributed by atoms with E-state index in [-0.39, 0.29) is 0 Å². The molecule has 0 atom stereocenters. The van der Waals surface area contributed by atoms with Crippen LogP contribution in [0.5, 0.6) is 0 Å². The molecule has 7 heteroatoms. The maximum absolute atomic E-state index is 6.12. The summed E-state index contributed by atoms with van der Waals surface area (Å²) in [5, 5.41) is 14.7. The Hall–Kier alpha value is -0.860. The average molecular weight is 393 g/mol. The fourth-order valence-electron chi connectivity index (χ4n) is 1.37. The van der Waals surface area contributed by atoms with Crippen LogP contribution in [0.3, 0.4) is 0 Å². The molecule has 2 N–H and O–H groups in total. The summed E-state index contributed by atoms with van der Waals surface area (Å²) in [4.78, 5) is 0. The Bertz CT molecular complexity index is 558. The minimum atomic E-state index is 0.337. The molecule has 0 aliphatic rings. The Morgan fingerprint density at radius 3 is 2.84 bits per heavy atom. The van der Waals surface area contributed by atoms with E-state index in [0.29, 0.717) is 29.5 Å². The van der Waals surface area contributed by atoms with Crippen molar-refractivity contribution in [2.24, 2.45) is 0 Å². The summed E-state index contributed by atoms with van der Waals surface area (Å²) in [6.07, 6.45) is 0. The van der Waals surface area contributed by atoms with Crippen LogP contribution in [0, 0.1) is 3.57 Å². The van der Waals surface area contributed by atoms with Crippen molar-refractivity contribution < 1.29 is 4.42 Å². The molecule has 1 heterocycles. The quantitative estimate of drug-likeness (QED) is 0.762. The highest BCUT2D eigenvalue weighted by Gasteiger charge is 2.08. The van der Waals surface area contributed by atoms with Crippen molar-refractivity contribution in [2.45, 2.75) is 26.4 Å². The number of nitrogens with zero attached hydrogens (tertiary/aromatic N) is 2. The summed E-state index contributed by atoms with van der Waals surface area (Å²) in [5.41, 5.74) is 0.745. The number of rotatable bonds is 5. The Kier molecular flexibility index (Phi) is 5.00. The third-order valence-corrected chi connectivity index (χ3v) is 3.28. The van der Waals surface area contributed by atoms with Gasteiger partial charge in [0.2, 0.25) is 5.89 Å². The molecule has 1 aromatic heterocycles. The van der Waals surface area contributed by atoms with Gasteiger partial charge in [0.15, 0.2) is 0 Å². The van der Waals surface area contributed by atoms with Crippen LogP contribution in [-0.4, -0.2) is 16.2 Å². The SMILES string of the molecule is CC(C)NCc1nnc(Nc2ccc(I)cc2Cl)o1. The summed E-state index contributed by atoms with van der Waals surface area (Å²) >= 11 is 8.32. The van der Waals surface area contributed by atoms with Crippen molar-refractivity contribution in [1.29, 1.82) is 0 Å². The Morgan fingerprint density at radius 1 is 1.37 bits per heavy atom. The maximum atomic E-state index is 6.12. The summed E-state index contributed by atoms with van der Waals surface area (Å²) in [6.45, 7) is 4.66. The van der Waals surface area contributed by atoms with Gasteiger partial charge in [0, 0.05) is 9.61 Å². The highest BCUT2D eigenvalue weighted by atomic mass is 127. The van der Waals surface area contributed by atoms with Gasteiger partial charge >= 0.3 is 6.01 Å². The van der Waals surface area contributed by atoms with E-state index in [1.165, 1.54) is 0 Å². The highest BCUT2D eigenvalue weighted by Crippen LogP contribution is 2.26. The summed E-state index contributed by atoms with van der Waals surface area (Å²) in [6, 6.07) is 6.40. The zero-order valence-electron chi connectivity index (χ0n) is 10.6. The second kappa shape index (κ2) is 6.53. The van der Waals surface area contributed by atoms with Gasteiger partial charge in [-0.1, -0.05) is 30.5 Å².